The first-order valence-electron chi connectivity index (χ1n) is 18.3. The van der Waals surface area contributed by atoms with Crippen molar-refractivity contribution in [3.05, 3.63) is 199 Å². The van der Waals surface area contributed by atoms with Gasteiger partial charge < -0.3 is 9.32 Å². The quantitative estimate of drug-likeness (QED) is 0.174. The van der Waals surface area contributed by atoms with E-state index in [0.29, 0.717) is 0 Å². The molecule has 1 aliphatic carbocycles. The lowest BCUT2D eigenvalue weighted by atomic mass is 9.81. The number of rotatable bonds is 6. The lowest BCUT2D eigenvalue weighted by Crippen LogP contribution is -2.15. The van der Waals surface area contributed by atoms with E-state index in [-0.39, 0.29) is 5.41 Å². The Morgan fingerprint density at radius 3 is 1.47 bits per heavy atom. The van der Waals surface area contributed by atoms with Crippen molar-refractivity contribution in [3.8, 4) is 44.5 Å². The molecule has 0 saturated carbocycles. The highest BCUT2D eigenvalue weighted by atomic mass is 16.3. The van der Waals surface area contributed by atoms with Gasteiger partial charge in [0.1, 0.15) is 11.2 Å². The van der Waals surface area contributed by atoms with E-state index in [1.165, 1.54) is 61.0 Å². The summed E-state index contributed by atoms with van der Waals surface area (Å²) in [5, 5.41) is 2.31. The third-order valence-electron chi connectivity index (χ3n) is 11.1. The van der Waals surface area contributed by atoms with Gasteiger partial charge in [0.05, 0.1) is 0 Å². The van der Waals surface area contributed by atoms with Gasteiger partial charge in [-0.2, -0.15) is 0 Å². The largest absolute Gasteiger partial charge is 0.456 e. The summed E-state index contributed by atoms with van der Waals surface area (Å²) in [5.41, 5.74) is 17.4. The van der Waals surface area contributed by atoms with Crippen LogP contribution in [0, 0.1) is 0 Å². The fourth-order valence-electron chi connectivity index (χ4n) is 8.44. The van der Waals surface area contributed by atoms with E-state index in [4.69, 9.17) is 4.42 Å². The summed E-state index contributed by atoms with van der Waals surface area (Å²) in [4.78, 5) is 2.39. The number of nitrogens with zero attached hydrogens (tertiary/aromatic N) is 1. The van der Waals surface area contributed by atoms with Crippen LogP contribution < -0.4 is 4.90 Å². The van der Waals surface area contributed by atoms with E-state index in [0.717, 1.165) is 33.6 Å². The molecule has 0 N–H and O–H groups in total. The highest BCUT2D eigenvalue weighted by Gasteiger charge is 2.39. The number of hydrogen-bond acceptors (Lipinski definition) is 2. The lowest BCUT2D eigenvalue weighted by molar-refractivity contribution is 0.647. The second-order valence-corrected chi connectivity index (χ2v) is 14.5. The van der Waals surface area contributed by atoms with Crippen molar-refractivity contribution in [2.24, 2.45) is 0 Å². The van der Waals surface area contributed by atoms with E-state index >= 15 is 0 Å². The number of fused-ring (bicyclic) bond motifs is 6. The molecule has 2 nitrogen and oxygen atoms in total. The second-order valence-electron chi connectivity index (χ2n) is 14.5. The predicted molar refractivity (Wildman–Crippen MR) is 222 cm³/mol. The minimum Gasteiger partial charge on any atom is -0.456 e. The molecule has 8 aromatic carbocycles. The van der Waals surface area contributed by atoms with Crippen molar-refractivity contribution in [3.63, 3.8) is 0 Å². The number of hydrogen-bond donors (Lipinski definition) is 0. The first-order valence-corrected chi connectivity index (χ1v) is 18.3. The van der Waals surface area contributed by atoms with Crippen LogP contribution in [-0.4, -0.2) is 0 Å². The molecule has 10 rings (SSSR count). The highest BCUT2D eigenvalue weighted by molar-refractivity contribution is 6.17. The van der Waals surface area contributed by atoms with E-state index in [1.807, 2.05) is 0 Å². The van der Waals surface area contributed by atoms with E-state index < -0.39 is 0 Å². The molecule has 0 fully saturated rings. The van der Waals surface area contributed by atoms with Crippen LogP contribution in [0.3, 0.4) is 0 Å². The van der Waals surface area contributed by atoms with Gasteiger partial charge in [0.15, 0.2) is 0 Å². The summed E-state index contributed by atoms with van der Waals surface area (Å²) >= 11 is 0. The van der Waals surface area contributed by atoms with Gasteiger partial charge in [0, 0.05) is 38.8 Å². The first-order chi connectivity index (χ1) is 26.0. The Labute approximate surface area is 310 Å². The summed E-state index contributed by atoms with van der Waals surface area (Å²) in [5.74, 6) is 0. The molecule has 9 aromatic rings. The minimum absolute atomic E-state index is 0.223. The fourth-order valence-corrected chi connectivity index (χ4v) is 8.44. The molecule has 0 bridgehead atoms. The Morgan fingerprint density at radius 2 is 0.887 bits per heavy atom. The van der Waals surface area contributed by atoms with Crippen molar-refractivity contribution in [2.75, 3.05) is 4.90 Å². The van der Waals surface area contributed by atoms with Crippen LogP contribution in [-0.2, 0) is 5.41 Å². The molecular formula is C51H37NO. The number of anilines is 3. The normalized spacial score (nSPS) is 12.9. The Hall–Kier alpha value is -6.64. The molecule has 2 heteroatoms. The molecule has 1 aliphatic rings. The van der Waals surface area contributed by atoms with Crippen LogP contribution in [0.4, 0.5) is 17.1 Å². The summed E-state index contributed by atoms with van der Waals surface area (Å²) in [6.45, 7) is 4.70. The van der Waals surface area contributed by atoms with Crippen molar-refractivity contribution >= 4 is 39.0 Å². The second kappa shape index (κ2) is 12.3. The molecule has 0 atom stereocenters. The zero-order valence-corrected chi connectivity index (χ0v) is 29.8. The maximum Gasteiger partial charge on any atom is 0.136 e. The third-order valence-corrected chi connectivity index (χ3v) is 11.1. The molecule has 1 heterocycles. The topological polar surface area (TPSA) is 16.4 Å². The van der Waals surface area contributed by atoms with Gasteiger partial charge in [-0.25, -0.2) is 0 Å². The molecule has 1 aromatic heterocycles. The summed E-state index contributed by atoms with van der Waals surface area (Å²) in [7, 11) is 0. The third kappa shape index (κ3) is 5.10. The van der Waals surface area contributed by atoms with Crippen LogP contribution in [0.5, 0.6) is 0 Å². The van der Waals surface area contributed by atoms with Gasteiger partial charge in [-0.05, 0) is 98.6 Å². The summed E-state index contributed by atoms with van der Waals surface area (Å²) in [6, 6.07) is 67.7. The fraction of sp³-hybridized carbons (Fsp3) is 0.0588. The molecular weight excluding hydrogens is 643 g/mol. The van der Waals surface area contributed by atoms with E-state index in [9.17, 15) is 0 Å². The van der Waals surface area contributed by atoms with Gasteiger partial charge in [-0.1, -0.05) is 153 Å². The molecule has 0 radical (unpaired) electrons. The summed E-state index contributed by atoms with van der Waals surface area (Å²) < 4.78 is 6.58. The summed E-state index contributed by atoms with van der Waals surface area (Å²) in [6.07, 6.45) is 0. The Bertz CT molecular complexity index is 2680. The molecule has 0 aliphatic heterocycles. The van der Waals surface area contributed by atoms with Crippen LogP contribution in [0.1, 0.15) is 25.0 Å². The van der Waals surface area contributed by atoms with Crippen LogP contribution >= 0.6 is 0 Å². The monoisotopic (exact) mass is 679 g/mol. The predicted octanol–water partition coefficient (Wildman–Crippen LogP) is 14.4. The molecule has 53 heavy (non-hydrogen) atoms. The maximum absolute atomic E-state index is 6.58. The maximum atomic E-state index is 6.58. The standard InChI is InChI=1S/C51H37NO/c1-51(2)44-31-30-41(32-43(44)49-45(51)33-47-50(42-20-12-13-21-46(42)53-47)48(49)38-18-10-5-11-19-38)52(39-26-22-36(23-27-39)34-14-6-3-7-15-34)40-28-24-37(25-29-40)35-16-8-4-9-17-35/h3-33H,1-2H3. The van der Waals surface area contributed by atoms with Gasteiger partial charge in [0.25, 0.3) is 0 Å². The van der Waals surface area contributed by atoms with Gasteiger partial charge in [-0.15, -0.1) is 0 Å². The molecule has 0 saturated heterocycles. The van der Waals surface area contributed by atoms with Gasteiger partial charge in [0.2, 0.25) is 0 Å². The van der Waals surface area contributed by atoms with Crippen molar-refractivity contribution in [1.29, 1.82) is 0 Å². The number of furan rings is 1. The van der Waals surface area contributed by atoms with Gasteiger partial charge >= 0.3 is 0 Å². The van der Waals surface area contributed by atoms with Crippen molar-refractivity contribution < 1.29 is 4.42 Å². The molecule has 0 unspecified atom stereocenters. The zero-order valence-electron chi connectivity index (χ0n) is 29.8. The average Bonchev–Trinajstić information content (AvgIpc) is 3.70. The Kier molecular flexibility index (Phi) is 7.19. The van der Waals surface area contributed by atoms with E-state index in [1.54, 1.807) is 0 Å². The Balaban J connectivity index is 1.19. The SMILES string of the molecule is CC1(C)c2ccc(N(c3ccc(-c4ccccc4)cc3)c3ccc(-c4ccccc4)cc3)cc2-c2c1cc1oc3ccccc3c1c2-c1ccccc1. The smallest absolute Gasteiger partial charge is 0.136 e. The average molecular weight is 680 g/mol. The number of benzene rings is 8. The van der Waals surface area contributed by atoms with Gasteiger partial charge in [-0.3, -0.25) is 0 Å². The Morgan fingerprint density at radius 1 is 0.396 bits per heavy atom. The van der Waals surface area contributed by atoms with E-state index in [2.05, 4.69) is 207 Å². The van der Waals surface area contributed by atoms with Crippen molar-refractivity contribution in [1.82, 2.24) is 0 Å². The number of para-hydroxylation sites is 1. The van der Waals surface area contributed by atoms with Crippen molar-refractivity contribution in [2.45, 2.75) is 19.3 Å². The molecule has 252 valence electrons. The first kappa shape index (κ1) is 31.1. The highest BCUT2D eigenvalue weighted by Crippen LogP contribution is 2.56. The molecule has 0 amide bonds. The van der Waals surface area contributed by atoms with Crippen LogP contribution in [0.25, 0.3) is 66.4 Å². The van der Waals surface area contributed by atoms with Crippen LogP contribution in [0.2, 0.25) is 0 Å². The molecule has 0 spiro atoms. The minimum atomic E-state index is -0.223. The lowest BCUT2D eigenvalue weighted by Gasteiger charge is -2.27. The van der Waals surface area contributed by atoms with Crippen LogP contribution in [0.15, 0.2) is 192 Å². The zero-order chi connectivity index (χ0) is 35.5.